The summed E-state index contributed by atoms with van der Waals surface area (Å²) in [5, 5.41) is 0. The van der Waals surface area contributed by atoms with E-state index in [4.69, 9.17) is 10.5 Å². The highest BCUT2D eigenvalue weighted by Gasteiger charge is 2.11. The fourth-order valence-corrected chi connectivity index (χ4v) is 2.43. The Balaban J connectivity index is 2.62. The second kappa shape index (κ2) is 8.80. The summed E-state index contributed by atoms with van der Waals surface area (Å²) in [6.07, 6.45) is 0.0208. The average molecular weight is 310 g/mol. The Bertz CT molecular complexity index is 601. The molecule has 0 fully saturated rings. The molecule has 0 aliphatic rings. The minimum Gasteiger partial charge on any atom is -0.378 e. The Labute approximate surface area is 126 Å². The zero-order valence-corrected chi connectivity index (χ0v) is 13.2. The van der Waals surface area contributed by atoms with E-state index in [0.717, 1.165) is 11.1 Å². The van der Waals surface area contributed by atoms with Gasteiger partial charge in [0.2, 0.25) is 10.0 Å². The summed E-state index contributed by atoms with van der Waals surface area (Å²) in [6.45, 7) is 4.40. The molecule has 1 aromatic rings. The minimum absolute atomic E-state index is 0.0208. The normalized spacial score (nSPS) is 11.2. The van der Waals surface area contributed by atoms with Gasteiger partial charge in [0.1, 0.15) is 0 Å². The lowest BCUT2D eigenvalue weighted by Crippen LogP contribution is -2.28. The molecule has 3 N–H and O–H groups in total. The maximum atomic E-state index is 11.9. The minimum atomic E-state index is -3.36. The van der Waals surface area contributed by atoms with Crippen LogP contribution in [0.15, 0.2) is 24.3 Å². The van der Waals surface area contributed by atoms with Crippen molar-refractivity contribution in [2.24, 2.45) is 5.73 Å². The number of hydrogen-bond acceptors (Lipinski definition) is 4. The maximum absolute atomic E-state index is 11.9. The van der Waals surface area contributed by atoms with Crippen molar-refractivity contribution in [1.29, 1.82) is 0 Å². The van der Waals surface area contributed by atoms with Crippen molar-refractivity contribution in [2.45, 2.75) is 26.5 Å². The van der Waals surface area contributed by atoms with Gasteiger partial charge in [-0.2, -0.15) is 0 Å². The molecule has 0 aliphatic heterocycles. The van der Waals surface area contributed by atoms with Crippen LogP contribution in [-0.2, 0) is 21.3 Å². The third kappa shape index (κ3) is 7.25. The first-order chi connectivity index (χ1) is 9.94. The molecule has 21 heavy (non-hydrogen) atoms. The van der Waals surface area contributed by atoms with E-state index in [1.54, 1.807) is 0 Å². The van der Waals surface area contributed by atoms with Crippen LogP contribution < -0.4 is 10.5 Å². The number of nitrogens with two attached hydrogens (primary N) is 1. The van der Waals surface area contributed by atoms with Gasteiger partial charge in [-0.25, -0.2) is 13.1 Å². The SMILES string of the molecule is CC(C)OCCS(=O)(=O)NCc1ccccc1C#CCN. The first kappa shape index (κ1) is 17.7. The molecule has 5 nitrogen and oxygen atoms in total. The van der Waals surface area contributed by atoms with Gasteiger partial charge in [-0.3, -0.25) is 0 Å². The largest absolute Gasteiger partial charge is 0.378 e. The summed E-state index contributed by atoms with van der Waals surface area (Å²) in [7, 11) is -3.36. The Morgan fingerprint density at radius 2 is 2.05 bits per heavy atom. The Morgan fingerprint density at radius 1 is 1.33 bits per heavy atom. The van der Waals surface area contributed by atoms with E-state index in [9.17, 15) is 8.42 Å². The smallest absolute Gasteiger partial charge is 0.214 e. The highest BCUT2D eigenvalue weighted by atomic mass is 32.2. The number of ether oxygens (including phenoxy) is 1. The van der Waals surface area contributed by atoms with Crippen molar-refractivity contribution in [3.8, 4) is 11.8 Å². The molecule has 0 radical (unpaired) electrons. The van der Waals surface area contributed by atoms with Crippen molar-refractivity contribution in [1.82, 2.24) is 4.72 Å². The van der Waals surface area contributed by atoms with Crippen LogP contribution in [0.3, 0.4) is 0 Å². The summed E-state index contributed by atoms with van der Waals surface area (Å²) < 4.78 is 31.5. The molecule has 1 aromatic carbocycles. The van der Waals surface area contributed by atoms with Gasteiger partial charge in [0.25, 0.3) is 0 Å². The van der Waals surface area contributed by atoms with Gasteiger partial charge in [-0.05, 0) is 25.5 Å². The fraction of sp³-hybridized carbons (Fsp3) is 0.467. The Kier molecular flexibility index (Phi) is 7.40. The average Bonchev–Trinajstić information content (AvgIpc) is 2.43. The zero-order chi connectivity index (χ0) is 15.7. The van der Waals surface area contributed by atoms with Crippen LogP contribution in [0.1, 0.15) is 25.0 Å². The van der Waals surface area contributed by atoms with Gasteiger partial charge in [0.15, 0.2) is 0 Å². The molecule has 1 rings (SSSR count). The highest BCUT2D eigenvalue weighted by molar-refractivity contribution is 7.89. The summed E-state index contributed by atoms with van der Waals surface area (Å²) in [5.74, 6) is 5.65. The topological polar surface area (TPSA) is 81.4 Å². The van der Waals surface area contributed by atoms with Gasteiger partial charge in [-0.1, -0.05) is 30.0 Å². The molecular formula is C15H22N2O3S. The number of benzene rings is 1. The van der Waals surface area contributed by atoms with E-state index < -0.39 is 10.0 Å². The number of rotatable bonds is 7. The Hall–Kier alpha value is -1.39. The predicted octanol–water partition coefficient (Wildman–Crippen LogP) is 0.841. The van der Waals surface area contributed by atoms with Crippen LogP contribution in [-0.4, -0.2) is 33.4 Å². The predicted molar refractivity (Wildman–Crippen MR) is 84.1 cm³/mol. The molecule has 0 bridgehead atoms. The Morgan fingerprint density at radius 3 is 2.71 bits per heavy atom. The lowest BCUT2D eigenvalue weighted by molar-refractivity contribution is 0.0911. The van der Waals surface area contributed by atoms with Gasteiger partial charge in [0.05, 0.1) is 25.0 Å². The van der Waals surface area contributed by atoms with Crippen LogP contribution in [0.25, 0.3) is 0 Å². The first-order valence-corrected chi connectivity index (χ1v) is 8.45. The molecule has 116 valence electrons. The lowest BCUT2D eigenvalue weighted by Gasteiger charge is -2.10. The van der Waals surface area contributed by atoms with Crippen molar-refractivity contribution in [3.63, 3.8) is 0 Å². The van der Waals surface area contributed by atoms with E-state index in [0.29, 0.717) is 0 Å². The van der Waals surface area contributed by atoms with E-state index in [-0.39, 0.29) is 31.6 Å². The van der Waals surface area contributed by atoms with E-state index >= 15 is 0 Å². The standard InChI is InChI=1S/C15H22N2O3S/c1-13(2)20-10-11-21(18,19)17-12-15-7-4-3-6-14(15)8-5-9-16/h3-4,6-7,13,17H,9-12,16H2,1-2H3. The van der Waals surface area contributed by atoms with Crippen LogP contribution in [0, 0.1) is 11.8 Å². The number of hydrogen-bond donors (Lipinski definition) is 2. The van der Waals surface area contributed by atoms with Gasteiger partial charge >= 0.3 is 0 Å². The highest BCUT2D eigenvalue weighted by Crippen LogP contribution is 2.07. The van der Waals surface area contributed by atoms with E-state index in [1.165, 1.54) is 0 Å². The second-order valence-corrected chi connectivity index (χ2v) is 6.65. The molecule has 0 amide bonds. The van der Waals surface area contributed by atoms with Crippen molar-refractivity contribution < 1.29 is 13.2 Å². The van der Waals surface area contributed by atoms with E-state index in [2.05, 4.69) is 16.6 Å². The third-order valence-electron chi connectivity index (χ3n) is 2.63. The monoisotopic (exact) mass is 310 g/mol. The third-order valence-corrected chi connectivity index (χ3v) is 3.92. The molecule has 0 aliphatic carbocycles. The molecular weight excluding hydrogens is 288 g/mol. The molecule has 6 heteroatoms. The second-order valence-electron chi connectivity index (χ2n) is 4.72. The molecule has 0 atom stereocenters. The maximum Gasteiger partial charge on any atom is 0.214 e. The van der Waals surface area contributed by atoms with Crippen molar-refractivity contribution >= 4 is 10.0 Å². The van der Waals surface area contributed by atoms with Crippen LogP contribution >= 0.6 is 0 Å². The van der Waals surface area contributed by atoms with Gasteiger partial charge < -0.3 is 10.5 Å². The summed E-state index contributed by atoms with van der Waals surface area (Å²) in [6, 6.07) is 7.38. The van der Waals surface area contributed by atoms with Crippen LogP contribution in [0.4, 0.5) is 0 Å². The molecule has 0 saturated carbocycles. The molecule has 0 aromatic heterocycles. The fourth-order valence-electron chi connectivity index (χ4n) is 1.60. The quantitative estimate of drug-likeness (QED) is 0.731. The molecule has 0 unspecified atom stereocenters. The lowest BCUT2D eigenvalue weighted by atomic mass is 10.1. The van der Waals surface area contributed by atoms with Crippen molar-refractivity contribution in [3.05, 3.63) is 35.4 Å². The summed E-state index contributed by atoms with van der Waals surface area (Å²) in [4.78, 5) is 0. The van der Waals surface area contributed by atoms with E-state index in [1.807, 2.05) is 38.1 Å². The van der Waals surface area contributed by atoms with Gasteiger partial charge in [-0.15, -0.1) is 0 Å². The van der Waals surface area contributed by atoms with Gasteiger partial charge in [0, 0.05) is 12.1 Å². The van der Waals surface area contributed by atoms with Crippen molar-refractivity contribution in [2.75, 3.05) is 18.9 Å². The van der Waals surface area contributed by atoms with Crippen LogP contribution in [0.5, 0.6) is 0 Å². The zero-order valence-electron chi connectivity index (χ0n) is 12.4. The number of sulfonamides is 1. The summed E-state index contributed by atoms with van der Waals surface area (Å²) in [5.41, 5.74) is 6.96. The molecule has 0 spiro atoms. The summed E-state index contributed by atoms with van der Waals surface area (Å²) >= 11 is 0. The molecule has 0 saturated heterocycles. The first-order valence-electron chi connectivity index (χ1n) is 6.80. The molecule has 0 heterocycles. The number of nitrogens with one attached hydrogen (secondary N) is 1. The van der Waals surface area contributed by atoms with Crippen LogP contribution in [0.2, 0.25) is 0 Å².